The van der Waals surface area contributed by atoms with Crippen LogP contribution in [0.3, 0.4) is 0 Å². The molecule has 0 fully saturated rings. The van der Waals surface area contributed by atoms with Crippen LogP contribution >= 0.6 is 0 Å². The molecule has 21 heavy (non-hydrogen) atoms. The fraction of sp³-hybridized carbons (Fsp3) is 0.667. The van der Waals surface area contributed by atoms with E-state index in [1.807, 2.05) is 6.07 Å². The summed E-state index contributed by atoms with van der Waals surface area (Å²) < 4.78 is 11.7. The van der Waals surface area contributed by atoms with Crippen molar-refractivity contribution in [1.29, 1.82) is 0 Å². The first kappa shape index (κ1) is 16.2. The SMILES string of the molecule is CCCOc1cc2c(cc1OCCC)C(O)CC(C)CC2. The van der Waals surface area contributed by atoms with Crippen LogP contribution in [0.15, 0.2) is 12.1 Å². The summed E-state index contributed by atoms with van der Waals surface area (Å²) in [5, 5.41) is 10.4. The fourth-order valence-corrected chi connectivity index (χ4v) is 2.82. The van der Waals surface area contributed by atoms with Crippen molar-refractivity contribution in [3.8, 4) is 11.5 Å². The second kappa shape index (κ2) is 7.69. The quantitative estimate of drug-likeness (QED) is 0.796. The molecule has 0 spiro atoms. The molecule has 0 heterocycles. The Morgan fingerprint density at radius 2 is 1.71 bits per heavy atom. The lowest BCUT2D eigenvalue weighted by atomic mass is 9.99. The Balaban J connectivity index is 2.32. The maximum Gasteiger partial charge on any atom is 0.161 e. The van der Waals surface area contributed by atoms with Gasteiger partial charge in [-0.2, -0.15) is 0 Å². The van der Waals surface area contributed by atoms with E-state index in [0.29, 0.717) is 19.1 Å². The van der Waals surface area contributed by atoms with Gasteiger partial charge >= 0.3 is 0 Å². The minimum Gasteiger partial charge on any atom is -0.490 e. The van der Waals surface area contributed by atoms with Crippen LogP contribution in [0.25, 0.3) is 0 Å². The first-order chi connectivity index (χ1) is 10.2. The Morgan fingerprint density at radius 3 is 2.33 bits per heavy atom. The van der Waals surface area contributed by atoms with E-state index in [1.54, 1.807) is 0 Å². The molecule has 1 aliphatic rings. The molecule has 1 aromatic carbocycles. The average molecular weight is 292 g/mol. The van der Waals surface area contributed by atoms with E-state index in [9.17, 15) is 5.11 Å². The molecule has 2 unspecified atom stereocenters. The third-order valence-corrected chi connectivity index (χ3v) is 4.02. The molecule has 0 saturated carbocycles. The van der Waals surface area contributed by atoms with Gasteiger partial charge in [-0.25, -0.2) is 0 Å². The highest BCUT2D eigenvalue weighted by atomic mass is 16.5. The number of ether oxygens (including phenoxy) is 2. The summed E-state index contributed by atoms with van der Waals surface area (Å²) in [7, 11) is 0. The maximum absolute atomic E-state index is 10.4. The summed E-state index contributed by atoms with van der Waals surface area (Å²) >= 11 is 0. The third-order valence-electron chi connectivity index (χ3n) is 4.02. The van der Waals surface area contributed by atoms with Gasteiger partial charge in [0.05, 0.1) is 19.3 Å². The Hall–Kier alpha value is -1.22. The Bertz CT molecular complexity index is 456. The zero-order valence-corrected chi connectivity index (χ0v) is 13.5. The van der Waals surface area contributed by atoms with E-state index < -0.39 is 0 Å². The number of rotatable bonds is 6. The van der Waals surface area contributed by atoms with Crippen molar-refractivity contribution in [3.05, 3.63) is 23.3 Å². The summed E-state index contributed by atoms with van der Waals surface area (Å²) in [5.74, 6) is 2.15. The molecule has 1 aliphatic carbocycles. The van der Waals surface area contributed by atoms with Gasteiger partial charge < -0.3 is 14.6 Å². The molecular formula is C18H28O3. The number of hydrogen-bond donors (Lipinski definition) is 1. The van der Waals surface area contributed by atoms with Crippen molar-refractivity contribution < 1.29 is 14.6 Å². The summed E-state index contributed by atoms with van der Waals surface area (Å²) in [5.41, 5.74) is 2.23. The minimum absolute atomic E-state index is 0.387. The lowest BCUT2D eigenvalue weighted by Crippen LogP contribution is -2.06. The van der Waals surface area contributed by atoms with Gasteiger partial charge in [-0.1, -0.05) is 20.8 Å². The van der Waals surface area contributed by atoms with Crippen LogP contribution in [0.4, 0.5) is 0 Å². The largest absolute Gasteiger partial charge is 0.490 e. The molecule has 0 radical (unpaired) electrons. The van der Waals surface area contributed by atoms with Crippen LogP contribution in [-0.2, 0) is 6.42 Å². The summed E-state index contributed by atoms with van der Waals surface area (Å²) in [6.45, 7) is 7.76. The highest BCUT2D eigenvalue weighted by Gasteiger charge is 2.23. The molecule has 0 saturated heterocycles. The summed E-state index contributed by atoms with van der Waals surface area (Å²) in [6, 6.07) is 4.08. The van der Waals surface area contributed by atoms with Gasteiger partial charge in [0.2, 0.25) is 0 Å². The number of aliphatic hydroxyl groups is 1. The van der Waals surface area contributed by atoms with Crippen molar-refractivity contribution in [2.45, 2.75) is 59.0 Å². The predicted molar refractivity (Wildman–Crippen MR) is 85.1 cm³/mol. The number of aliphatic hydroxyl groups excluding tert-OH is 1. The molecule has 1 aromatic rings. The smallest absolute Gasteiger partial charge is 0.161 e. The standard InChI is InChI=1S/C18H28O3/c1-4-8-20-17-11-14-7-6-13(3)10-16(19)15(14)12-18(17)21-9-5-2/h11-13,16,19H,4-10H2,1-3H3. The lowest BCUT2D eigenvalue weighted by Gasteiger charge is -2.18. The van der Waals surface area contributed by atoms with Crippen molar-refractivity contribution in [2.24, 2.45) is 5.92 Å². The van der Waals surface area contributed by atoms with Gasteiger partial charge in [0.1, 0.15) is 0 Å². The molecule has 2 atom stereocenters. The number of aryl methyl sites for hydroxylation is 1. The Labute approximate surface area is 128 Å². The van der Waals surface area contributed by atoms with Gasteiger partial charge in [-0.3, -0.25) is 0 Å². The number of fused-ring (bicyclic) bond motifs is 1. The summed E-state index contributed by atoms with van der Waals surface area (Å²) in [4.78, 5) is 0. The maximum atomic E-state index is 10.4. The van der Waals surface area contributed by atoms with E-state index in [0.717, 1.165) is 49.2 Å². The minimum atomic E-state index is -0.387. The molecule has 3 heteroatoms. The van der Waals surface area contributed by atoms with Gasteiger partial charge in [0.25, 0.3) is 0 Å². The van der Waals surface area contributed by atoms with E-state index in [1.165, 1.54) is 5.56 Å². The molecule has 118 valence electrons. The molecular weight excluding hydrogens is 264 g/mol. The van der Waals surface area contributed by atoms with Gasteiger partial charge in [-0.15, -0.1) is 0 Å². The average Bonchev–Trinajstić information content (AvgIpc) is 2.61. The fourth-order valence-electron chi connectivity index (χ4n) is 2.82. The molecule has 0 aliphatic heterocycles. The summed E-state index contributed by atoms with van der Waals surface area (Å²) in [6.07, 6.45) is 4.50. The monoisotopic (exact) mass is 292 g/mol. The van der Waals surface area contributed by atoms with Crippen LogP contribution in [-0.4, -0.2) is 18.3 Å². The molecule has 0 bridgehead atoms. The second-order valence-corrected chi connectivity index (χ2v) is 6.09. The van der Waals surface area contributed by atoms with Gasteiger partial charge in [0, 0.05) is 0 Å². The van der Waals surface area contributed by atoms with Gasteiger partial charge in [-0.05, 0) is 61.3 Å². The van der Waals surface area contributed by atoms with Crippen LogP contribution in [0.5, 0.6) is 11.5 Å². The third kappa shape index (κ3) is 4.13. The van der Waals surface area contributed by atoms with Gasteiger partial charge in [0.15, 0.2) is 11.5 Å². The van der Waals surface area contributed by atoms with Crippen molar-refractivity contribution in [3.63, 3.8) is 0 Å². The van der Waals surface area contributed by atoms with Crippen LogP contribution in [0.1, 0.15) is 63.7 Å². The van der Waals surface area contributed by atoms with Crippen molar-refractivity contribution in [1.82, 2.24) is 0 Å². The highest BCUT2D eigenvalue weighted by molar-refractivity contribution is 5.48. The van der Waals surface area contributed by atoms with E-state index in [2.05, 4.69) is 26.8 Å². The normalized spacial score (nSPS) is 21.5. The van der Waals surface area contributed by atoms with Crippen LogP contribution in [0, 0.1) is 5.92 Å². The van der Waals surface area contributed by atoms with E-state index in [4.69, 9.17) is 9.47 Å². The van der Waals surface area contributed by atoms with Crippen LogP contribution < -0.4 is 9.47 Å². The molecule has 1 N–H and O–H groups in total. The zero-order chi connectivity index (χ0) is 15.2. The first-order valence-electron chi connectivity index (χ1n) is 8.26. The zero-order valence-electron chi connectivity index (χ0n) is 13.5. The first-order valence-corrected chi connectivity index (χ1v) is 8.26. The molecule has 0 amide bonds. The van der Waals surface area contributed by atoms with Crippen molar-refractivity contribution >= 4 is 0 Å². The number of hydrogen-bond acceptors (Lipinski definition) is 3. The Morgan fingerprint density at radius 1 is 1.10 bits per heavy atom. The topological polar surface area (TPSA) is 38.7 Å². The predicted octanol–water partition coefficient (Wildman–Crippen LogP) is 4.27. The van der Waals surface area contributed by atoms with Crippen LogP contribution in [0.2, 0.25) is 0 Å². The molecule has 2 rings (SSSR count). The molecule has 0 aromatic heterocycles. The van der Waals surface area contributed by atoms with E-state index >= 15 is 0 Å². The Kier molecular flexibility index (Phi) is 5.92. The lowest BCUT2D eigenvalue weighted by molar-refractivity contribution is 0.149. The van der Waals surface area contributed by atoms with Crippen molar-refractivity contribution in [2.75, 3.05) is 13.2 Å². The number of benzene rings is 1. The molecule has 3 nitrogen and oxygen atoms in total. The van der Waals surface area contributed by atoms with E-state index in [-0.39, 0.29) is 6.10 Å². The second-order valence-electron chi connectivity index (χ2n) is 6.09. The highest BCUT2D eigenvalue weighted by Crippen LogP contribution is 2.39.